The van der Waals surface area contributed by atoms with Gasteiger partial charge in [-0.1, -0.05) is 0 Å². The highest BCUT2D eigenvalue weighted by Gasteiger charge is 2.09. The number of carbonyl (C=O) groups is 1. The molecule has 2 aromatic rings. The minimum Gasteiger partial charge on any atom is -0.497 e. The number of hydrogen-bond donors (Lipinski definition) is 0. The lowest BCUT2D eigenvalue weighted by atomic mass is 10.2. The van der Waals surface area contributed by atoms with Crippen LogP contribution in [0.1, 0.15) is 6.92 Å². The fraction of sp³-hybridized carbons (Fsp3) is 0.182. The van der Waals surface area contributed by atoms with Crippen LogP contribution in [0.5, 0.6) is 11.5 Å². The third kappa shape index (κ3) is 1.79. The van der Waals surface area contributed by atoms with E-state index in [9.17, 15) is 4.79 Å². The molecule has 4 heteroatoms. The standard InChI is InChI=1S/C11H10O4/c1-7(12)15-11-6-14-10-4-3-8(13-2)5-9(10)11/h3-6H,1-2H3. The normalized spacial score (nSPS) is 10.3. The van der Waals surface area contributed by atoms with Gasteiger partial charge in [-0.05, 0) is 18.2 Å². The van der Waals surface area contributed by atoms with Crippen LogP contribution < -0.4 is 9.47 Å². The Hall–Kier alpha value is -1.97. The van der Waals surface area contributed by atoms with E-state index >= 15 is 0 Å². The van der Waals surface area contributed by atoms with Gasteiger partial charge in [-0.3, -0.25) is 4.79 Å². The number of carbonyl (C=O) groups excluding carboxylic acids is 1. The van der Waals surface area contributed by atoms with Crippen LogP contribution >= 0.6 is 0 Å². The first-order chi connectivity index (χ1) is 7.20. The monoisotopic (exact) mass is 206 g/mol. The van der Waals surface area contributed by atoms with E-state index in [1.54, 1.807) is 25.3 Å². The van der Waals surface area contributed by atoms with E-state index in [1.807, 2.05) is 0 Å². The number of rotatable bonds is 2. The molecule has 0 unspecified atom stereocenters. The van der Waals surface area contributed by atoms with Gasteiger partial charge in [0.05, 0.1) is 12.5 Å². The molecule has 0 fully saturated rings. The quantitative estimate of drug-likeness (QED) is 0.708. The maximum Gasteiger partial charge on any atom is 0.308 e. The van der Waals surface area contributed by atoms with Crippen molar-refractivity contribution >= 4 is 16.9 Å². The average molecular weight is 206 g/mol. The molecule has 1 aromatic carbocycles. The summed E-state index contributed by atoms with van der Waals surface area (Å²) in [6.07, 6.45) is 1.41. The number of benzene rings is 1. The third-order valence-corrected chi connectivity index (χ3v) is 2.00. The third-order valence-electron chi connectivity index (χ3n) is 2.00. The Labute approximate surface area is 86.4 Å². The van der Waals surface area contributed by atoms with Crippen molar-refractivity contribution in [2.45, 2.75) is 6.92 Å². The van der Waals surface area contributed by atoms with Crippen LogP contribution in [-0.4, -0.2) is 13.1 Å². The number of hydrogen-bond acceptors (Lipinski definition) is 4. The molecule has 2 rings (SSSR count). The molecule has 0 saturated heterocycles. The number of fused-ring (bicyclic) bond motifs is 1. The van der Waals surface area contributed by atoms with E-state index in [2.05, 4.69) is 0 Å². The number of ether oxygens (including phenoxy) is 2. The molecule has 1 heterocycles. The second-order valence-corrected chi connectivity index (χ2v) is 3.06. The first-order valence-corrected chi connectivity index (χ1v) is 4.44. The Morgan fingerprint density at radius 3 is 2.87 bits per heavy atom. The van der Waals surface area contributed by atoms with Crippen LogP contribution in [0.3, 0.4) is 0 Å². The van der Waals surface area contributed by atoms with Gasteiger partial charge in [0.1, 0.15) is 17.6 Å². The van der Waals surface area contributed by atoms with Crippen LogP contribution in [0.2, 0.25) is 0 Å². The Kier molecular flexibility index (Phi) is 2.33. The van der Waals surface area contributed by atoms with Gasteiger partial charge in [0.2, 0.25) is 0 Å². The molecule has 78 valence electrons. The second kappa shape index (κ2) is 3.65. The van der Waals surface area contributed by atoms with Crippen LogP contribution in [0.15, 0.2) is 28.9 Å². The van der Waals surface area contributed by atoms with E-state index < -0.39 is 0 Å². The van der Waals surface area contributed by atoms with Crippen molar-refractivity contribution in [2.24, 2.45) is 0 Å². The molecular weight excluding hydrogens is 196 g/mol. The lowest BCUT2D eigenvalue weighted by molar-refractivity contribution is -0.131. The van der Waals surface area contributed by atoms with Crippen LogP contribution in [0, 0.1) is 0 Å². The molecule has 0 aliphatic heterocycles. The van der Waals surface area contributed by atoms with Gasteiger partial charge in [-0.25, -0.2) is 0 Å². The van der Waals surface area contributed by atoms with Crippen molar-refractivity contribution in [3.63, 3.8) is 0 Å². The van der Waals surface area contributed by atoms with E-state index in [0.717, 1.165) is 5.39 Å². The lowest BCUT2D eigenvalue weighted by Crippen LogP contribution is -2.00. The summed E-state index contributed by atoms with van der Waals surface area (Å²) in [5, 5.41) is 0.726. The van der Waals surface area contributed by atoms with E-state index in [-0.39, 0.29) is 5.97 Å². The molecule has 0 amide bonds. The Morgan fingerprint density at radius 2 is 2.20 bits per heavy atom. The molecular formula is C11H10O4. The van der Waals surface area contributed by atoms with Gasteiger partial charge in [-0.2, -0.15) is 0 Å². The van der Waals surface area contributed by atoms with Crippen molar-refractivity contribution in [1.29, 1.82) is 0 Å². The molecule has 0 atom stereocenters. The largest absolute Gasteiger partial charge is 0.497 e. The highest BCUT2D eigenvalue weighted by molar-refractivity contribution is 5.87. The Bertz CT molecular complexity index is 498. The summed E-state index contributed by atoms with van der Waals surface area (Å²) in [6, 6.07) is 5.31. The summed E-state index contributed by atoms with van der Waals surface area (Å²) in [5.74, 6) is 0.731. The highest BCUT2D eigenvalue weighted by Crippen LogP contribution is 2.31. The molecule has 1 aromatic heterocycles. The molecule has 0 saturated carbocycles. The minimum absolute atomic E-state index is 0.375. The summed E-state index contributed by atoms with van der Waals surface area (Å²) in [5.41, 5.74) is 0.659. The van der Waals surface area contributed by atoms with Crippen molar-refractivity contribution < 1.29 is 18.7 Å². The van der Waals surface area contributed by atoms with E-state index in [1.165, 1.54) is 13.2 Å². The predicted molar refractivity (Wildman–Crippen MR) is 54.1 cm³/mol. The lowest BCUT2D eigenvalue weighted by Gasteiger charge is -2.00. The maximum atomic E-state index is 10.8. The van der Waals surface area contributed by atoms with E-state index in [0.29, 0.717) is 17.1 Å². The zero-order valence-electron chi connectivity index (χ0n) is 8.44. The van der Waals surface area contributed by atoms with Crippen molar-refractivity contribution in [1.82, 2.24) is 0 Å². The van der Waals surface area contributed by atoms with Gasteiger partial charge in [0.25, 0.3) is 0 Å². The molecule has 0 aliphatic carbocycles. The highest BCUT2D eigenvalue weighted by atomic mass is 16.5. The van der Waals surface area contributed by atoms with Gasteiger partial charge in [-0.15, -0.1) is 0 Å². The summed E-state index contributed by atoms with van der Waals surface area (Å²) in [6.45, 7) is 1.35. The maximum absolute atomic E-state index is 10.8. The predicted octanol–water partition coefficient (Wildman–Crippen LogP) is 2.37. The van der Waals surface area contributed by atoms with E-state index in [4.69, 9.17) is 13.9 Å². The molecule has 0 radical (unpaired) electrons. The Morgan fingerprint density at radius 1 is 1.40 bits per heavy atom. The fourth-order valence-corrected chi connectivity index (χ4v) is 1.35. The summed E-state index contributed by atoms with van der Waals surface area (Å²) in [7, 11) is 1.58. The molecule has 15 heavy (non-hydrogen) atoms. The minimum atomic E-state index is -0.375. The molecule has 0 spiro atoms. The summed E-state index contributed by atoms with van der Waals surface area (Å²) < 4.78 is 15.3. The zero-order valence-corrected chi connectivity index (χ0v) is 8.44. The average Bonchev–Trinajstić information content (AvgIpc) is 2.60. The van der Waals surface area contributed by atoms with Crippen molar-refractivity contribution in [2.75, 3.05) is 7.11 Å². The van der Waals surface area contributed by atoms with Gasteiger partial charge in [0, 0.05) is 6.92 Å². The first-order valence-electron chi connectivity index (χ1n) is 4.44. The fourth-order valence-electron chi connectivity index (χ4n) is 1.35. The smallest absolute Gasteiger partial charge is 0.308 e. The van der Waals surface area contributed by atoms with Crippen LogP contribution in [-0.2, 0) is 4.79 Å². The number of esters is 1. The zero-order chi connectivity index (χ0) is 10.8. The van der Waals surface area contributed by atoms with Crippen molar-refractivity contribution in [3.8, 4) is 11.5 Å². The van der Waals surface area contributed by atoms with Gasteiger partial charge >= 0.3 is 5.97 Å². The van der Waals surface area contributed by atoms with Gasteiger partial charge in [0.15, 0.2) is 5.75 Å². The topological polar surface area (TPSA) is 48.7 Å². The molecule has 0 N–H and O–H groups in total. The SMILES string of the molecule is COc1ccc2occ(OC(C)=O)c2c1. The van der Waals surface area contributed by atoms with Crippen LogP contribution in [0.4, 0.5) is 0 Å². The second-order valence-electron chi connectivity index (χ2n) is 3.06. The van der Waals surface area contributed by atoms with Crippen LogP contribution in [0.25, 0.3) is 11.0 Å². The number of furan rings is 1. The first kappa shape index (κ1) is 9.58. The summed E-state index contributed by atoms with van der Waals surface area (Å²) >= 11 is 0. The molecule has 4 nitrogen and oxygen atoms in total. The number of methoxy groups -OCH3 is 1. The van der Waals surface area contributed by atoms with Crippen molar-refractivity contribution in [3.05, 3.63) is 24.5 Å². The van der Waals surface area contributed by atoms with Gasteiger partial charge < -0.3 is 13.9 Å². The molecule has 0 bridgehead atoms. The molecule has 0 aliphatic rings. The summed E-state index contributed by atoms with van der Waals surface area (Å²) in [4.78, 5) is 10.8. The Balaban J connectivity index is 2.51.